The summed E-state index contributed by atoms with van der Waals surface area (Å²) in [6.45, 7) is 1.26. The Hall–Kier alpha value is -0.620. The van der Waals surface area contributed by atoms with E-state index >= 15 is 0 Å². The second kappa shape index (κ2) is 4.94. The maximum Gasteiger partial charge on any atom is 0.403 e. The van der Waals surface area contributed by atoms with E-state index in [0.29, 0.717) is 4.60 Å². The quantitative estimate of drug-likeness (QED) is 0.863. The first-order chi connectivity index (χ1) is 6.89. The molecule has 1 atom stereocenters. The third-order valence-electron chi connectivity index (χ3n) is 1.89. The van der Waals surface area contributed by atoms with Gasteiger partial charge in [0, 0.05) is 12.7 Å². The number of hydrogen-bond acceptors (Lipinski definition) is 2. The molecule has 0 saturated heterocycles. The van der Waals surface area contributed by atoms with Gasteiger partial charge in [0.25, 0.3) is 0 Å². The summed E-state index contributed by atoms with van der Waals surface area (Å²) in [5.74, 6) is 0. The van der Waals surface area contributed by atoms with E-state index in [4.69, 9.17) is 0 Å². The fourth-order valence-electron chi connectivity index (χ4n) is 0.939. The predicted molar refractivity (Wildman–Crippen MR) is 54.3 cm³/mol. The van der Waals surface area contributed by atoms with Gasteiger partial charge >= 0.3 is 6.18 Å². The standard InChI is InChI=1S/C9H10BrF3N2/c1-6(9(11,12)13)15-5-7-2-3-14-8(10)4-7/h2-4,6,15H,5H2,1H3/t6-/m0/s1. The Balaban J connectivity index is 2.51. The molecule has 0 aliphatic carbocycles. The zero-order chi connectivity index (χ0) is 11.5. The third-order valence-corrected chi connectivity index (χ3v) is 2.33. The summed E-state index contributed by atoms with van der Waals surface area (Å²) in [7, 11) is 0. The number of rotatable bonds is 3. The van der Waals surface area contributed by atoms with E-state index in [1.165, 1.54) is 0 Å². The number of nitrogens with zero attached hydrogens (tertiary/aromatic N) is 1. The predicted octanol–water partition coefficient (Wildman–Crippen LogP) is 2.88. The van der Waals surface area contributed by atoms with Crippen LogP contribution in [-0.4, -0.2) is 17.2 Å². The lowest BCUT2D eigenvalue weighted by Gasteiger charge is -2.17. The fraction of sp³-hybridized carbons (Fsp3) is 0.444. The van der Waals surface area contributed by atoms with Crippen LogP contribution in [0.4, 0.5) is 13.2 Å². The highest BCUT2D eigenvalue weighted by molar-refractivity contribution is 9.10. The summed E-state index contributed by atoms with van der Waals surface area (Å²) >= 11 is 3.15. The first kappa shape index (κ1) is 12.4. The Bertz CT molecular complexity index is 327. The minimum Gasteiger partial charge on any atom is -0.302 e. The van der Waals surface area contributed by atoms with Gasteiger partial charge in [0.1, 0.15) is 10.6 Å². The van der Waals surface area contributed by atoms with Crippen LogP contribution < -0.4 is 5.32 Å². The molecule has 84 valence electrons. The summed E-state index contributed by atoms with van der Waals surface area (Å²) in [6.07, 6.45) is -2.66. The lowest BCUT2D eigenvalue weighted by Crippen LogP contribution is -2.39. The van der Waals surface area contributed by atoms with Crippen molar-refractivity contribution < 1.29 is 13.2 Å². The van der Waals surface area contributed by atoms with E-state index in [9.17, 15) is 13.2 Å². The average Bonchev–Trinajstić information content (AvgIpc) is 2.12. The zero-order valence-corrected chi connectivity index (χ0v) is 9.56. The van der Waals surface area contributed by atoms with E-state index in [1.54, 1.807) is 18.3 Å². The molecule has 1 rings (SSSR count). The van der Waals surface area contributed by atoms with Gasteiger partial charge in [-0.05, 0) is 40.5 Å². The van der Waals surface area contributed by atoms with Crippen LogP contribution in [0.1, 0.15) is 12.5 Å². The summed E-state index contributed by atoms with van der Waals surface area (Å²) in [5.41, 5.74) is 0.757. The van der Waals surface area contributed by atoms with Crippen molar-refractivity contribution in [2.24, 2.45) is 0 Å². The largest absolute Gasteiger partial charge is 0.403 e. The van der Waals surface area contributed by atoms with Gasteiger partial charge in [0.05, 0.1) is 0 Å². The van der Waals surface area contributed by atoms with Crippen LogP contribution in [0, 0.1) is 0 Å². The van der Waals surface area contributed by atoms with Gasteiger partial charge in [0.2, 0.25) is 0 Å². The molecular formula is C9H10BrF3N2. The maximum atomic E-state index is 12.1. The Morgan fingerprint density at radius 1 is 1.53 bits per heavy atom. The van der Waals surface area contributed by atoms with Crippen molar-refractivity contribution in [3.63, 3.8) is 0 Å². The molecule has 0 spiro atoms. The van der Waals surface area contributed by atoms with Gasteiger partial charge in [-0.3, -0.25) is 0 Å². The second-order valence-electron chi connectivity index (χ2n) is 3.13. The molecular weight excluding hydrogens is 273 g/mol. The van der Waals surface area contributed by atoms with Crippen molar-refractivity contribution >= 4 is 15.9 Å². The van der Waals surface area contributed by atoms with E-state index in [2.05, 4.69) is 26.2 Å². The normalized spacial score (nSPS) is 13.9. The van der Waals surface area contributed by atoms with Gasteiger partial charge in [-0.2, -0.15) is 13.2 Å². The van der Waals surface area contributed by atoms with E-state index < -0.39 is 12.2 Å². The summed E-state index contributed by atoms with van der Waals surface area (Å²) in [5, 5.41) is 2.39. The molecule has 0 aromatic carbocycles. The molecule has 0 amide bonds. The lowest BCUT2D eigenvalue weighted by atomic mass is 10.2. The first-order valence-corrected chi connectivity index (χ1v) is 5.09. The Morgan fingerprint density at radius 2 is 2.20 bits per heavy atom. The van der Waals surface area contributed by atoms with Gasteiger partial charge in [0.15, 0.2) is 0 Å². The molecule has 0 unspecified atom stereocenters. The molecule has 0 aliphatic heterocycles. The molecule has 1 aromatic heterocycles. The number of hydrogen-bond donors (Lipinski definition) is 1. The Morgan fingerprint density at radius 3 is 2.73 bits per heavy atom. The number of aromatic nitrogens is 1. The van der Waals surface area contributed by atoms with Crippen LogP contribution in [0.25, 0.3) is 0 Å². The van der Waals surface area contributed by atoms with Crippen LogP contribution in [0.2, 0.25) is 0 Å². The number of nitrogens with one attached hydrogen (secondary N) is 1. The highest BCUT2D eigenvalue weighted by Crippen LogP contribution is 2.20. The Labute approximate surface area is 94.0 Å². The molecule has 0 saturated carbocycles. The van der Waals surface area contributed by atoms with Crippen molar-refractivity contribution in [1.82, 2.24) is 10.3 Å². The van der Waals surface area contributed by atoms with Crippen molar-refractivity contribution in [3.8, 4) is 0 Å². The molecule has 0 bridgehead atoms. The molecule has 6 heteroatoms. The van der Waals surface area contributed by atoms with Crippen molar-refractivity contribution in [1.29, 1.82) is 0 Å². The Kier molecular flexibility index (Phi) is 4.10. The molecule has 2 nitrogen and oxygen atoms in total. The van der Waals surface area contributed by atoms with E-state index in [1.807, 2.05) is 0 Å². The first-order valence-electron chi connectivity index (χ1n) is 4.30. The topological polar surface area (TPSA) is 24.9 Å². The molecule has 0 radical (unpaired) electrons. The van der Waals surface area contributed by atoms with Crippen molar-refractivity contribution in [3.05, 3.63) is 28.5 Å². The number of pyridine rings is 1. The number of halogens is 4. The van der Waals surface area contributed by atoms with Crippen LogP contribution >= 0.6 is 15.9 Å². The highest BCUT2D eigenvalue weighted by atomic mass is 79.9. The van der Waals surface area contributed by atoms with Gasteiger partial charge in [-0.1, -0.05) is 0 Å². The minimum atomic E-state index is -4.20. The smallest absolute Gasteiger partial charge is 0.302 e. The van der Waals surface area contributed by atoms with E-state index in [0.717, 1.165) is 12.5 Å². The van der Waals surface area contributed by atoms with Gasteiger partial charge < -0.3 is 5.32 Å². The second-order valence-corrected chi connectivity index (χ2v) is 3.94. The third kappa shape index (κ3) is 4.17. The molecule has 1 heterocycles. The van der Waals surface area contributed by atoms with Crippen LogP contribution in [0.15, 0.2) is 22.9 Å². The van der Waals surface area contributed by atoms with Crippen LogP contribution in [0.3, 0.4) is 0 Å². The number of alkyl halides is 3. The van der Waals surface area contributed by atoms with E-state index in [-0.39, 0.29) is 6.54 Å². The van der Waals surface area contributed by atoms with Crippen molar-refractivity contribution in [2.45, 2.75) is 25.7 Å². The van der Waals surface area contributed by atoms with Crippen LogP contribution in [-0.2, 0) is 6.54 Å². The zero-order valence-electron chi connectivity index (χ0n) is 7.98. The average molecular weight is 283 g/mol. The minimum absolute atomic E-state index is 0.168. The SMILES string of the molecule is C[C@H](NCc1ccnc(Br)c1)C(F)(F)F. The maximum absolute atomic E-state index is 12.1. The van der Waals surface area contributed by atoms with Gasteiger partial charge in [-0.15, -0.1) is 0 Å². The summed E-state index contributed by atoms with van der Waals surface area (Å²) in [6, 6.07) is 1.83. The molecule has 1 N–H and O–H groups in total. The fourth-order valence-corrected chi connectivity index (χ4v) is 1.35. The van der Waals surface area contributed by atoms with Crippen molar-refractivity contribution in [2.75, 3.05) is 0 Å². The van der Waals surface area contributed by atoms with Crippen LogP contribution in [0.5, 0.6) is 0 Å². The molecule has 15 heavy (non-hydrogen) atoms. The summed E-state index contributed by atoms with van der Waals surface area (Å²) in [4.78, 5) is 3.88. The highest BCUT2D eigenvalue weighted by Gasteiger charge is 2.35. The molecule has 1 aromatic rings. The lowest BCUT2D eigenvalue weighted by molar-refractivity contribution is -0.151. The summed E-state index contributed by atoms with van der Waals surface area (Å²) < 4.78 is 37.1. The van der Waals surface area contributed by atoms with Gasteiger partial charge in [-0.25, -0.2) is 4.98 Å². The molecule has 0 fully saturated rings. The monoisotopic (exact) mass is 282 g/mol. The molecule has 0 aliphatic rings.